The first-order valence-corrected chi connectivity index (χ1v) is 7.10. The van der Waals surface area contributed by atoms with Crippen molar-refractivity contribution in [2.45, 2.75) is 19.9 Å². The number of carbonyl (C=O) groups is 1. The zero-order valence-electron chi connectivity index (χ0n) is 13.0. The number of ether oxygens (including phenoxy) is 1. The van der Waals surface area contributed by atoms with E-state index in [2.05, 4.69) is 39.3 Å². The fourth-order valence-corrected chi connectivity index (χ4v) is 2.47. The van der Waals surface area contributed by atoms with Gasteiger partial charge in [0.1, 0.15) is 12.4 Å². The predicted molar refractivity (Wildman–Crippen MR) is 83.3 cm³/mol. The SMILES string of the molecule is COC(=O)c1ncn(-c2ccc3c(c2)c(C#N)cn3C(C)C)n1. The molecule has 23 heavy (non-hydrogen) atoms. The quantitative estimate of drug-likeness (QED) is 0.694. The van der Waals surface area contributed by atoms with Gasteiger partial charge in [-0.3, -0.25) is 0 Å². The van der Waals surface area contributed by atoms with Crippen LogP contribution in [0.4, 0.5) is 0 Å². The molecule has 0 atom stereocenters. The monoisotopic (exact) mass is 309 g/mol. The minimum absolute atomic E-state index is 0.00662. The standard InChI is InChI=1S/C16H15N5O2/c1-10(2)20-8-11(7-17)13-6-12(4-5-14(13)20)21-9-18-15(19-21)16(22)23-3/h4-6,8-10H,1-3H3. The van der Waals surface area contributed by atoms with Crippen molar-refractivity contribution in [2.75, 3.05) is 7.11 Å². The van der Waals surface area contributed by atoms with Gasteiger partial charge >= 0.3 is 5.97 Å². The van der Waals surface area contributed by atoms with Gasteiger partial charge in [-0.25, -0.2) is 14.5 Å². The Hall–Kier alpha value is -3.14. The van der Waals surface area contributed by atoms with Crippen LogP contribution in [-0.2, 0) is 4.74 Å². The lowest BCUT2D eigenvalue weighted by atomic mass is 10.1. The first-order chi connectivity index (χ1) is 11.0. The lowest BCUT2D eigenvalue weighted by Gasteiger charge is -2.09. The van der Waals surface area contributed by atoms with Crippen molar-refractivity contribution < 1.29 is 9.53 Å². The molecule has 0 bridgehead atoms. The second-order valence-electron chi connectivity index (χ2n) is 5.36. The number of carbonyl (C=O) groups excluding carboxylic acids is 1. The molecule has 0 fully saturated rings. The van der Waals surface area contributed by atoms with Crippen LogP contribution in [0.1, 0.15) is 36.1 Å². The summed E-state index contributed by atoms with van der Waals surface area (Å²) in [5.41, 5.74) is 2.30. The number of nitriles is 1. The second-order valence-corrected chi connectivity index (χ2v) is 5.36. The third-order valence-electron chi connectivity index (χ3n) is 3.62. The molecule has 0 aliphatic heterocycles. The van der Waals surface area contributed by atoms with Gasteiger partial charge in [-0.05, 0) is 32.0 Å². The number of fused-ring (bicyclic) bond motifs is 1. The number of hydrogen-bond donors (Lipinski definition) is 0. The summed E-state index contributed by atoms with van der Waals surface area (Å²) in [7, 11) is 1.28. The summed E-state index contributed by atoms with van der Waals surface area (Å²) in [6, 6.07) is 8.14. The molecule has 0 unspecified atom stereocenters. The number of nitrogens with zero attached hydrogens (tertiary/aromatic N) is 5. The van der Waals surface area contributed by atoms with E-state index in [0.29, 0.717) is 5.56 Å². The van der Waals surface area contributed by atoms with Gasteiger partial charge in [0.15, 0.2) is 0 Å². The molecule has 1 aromatic carbocycles. The van der Waals surface area contributed by atoms with Crippen LogP contribution in [0, 0.1) is 11.3 Å². The van der Waals surface area contributed by atoms with Crippen molar-refractivity contribution in [3.8, 4) is 11.8 Å². The largest absolute Gasteiger partial charge is 0.463 e. The van der Waals surface area contributed by atoms with E-state index in [-0.39, 0.29) is 11.9 Å². The molecular weight excluding hydrogens is 294 g/mol. The summed E-state index contributed by atoms with van der Waals surface area (Å²) < 4.78 is 8.14. The van der Waals surface area contributed by atoms with E-state index >= 15 is 0 Å². The maximum Gasteiger partial charge on any atom is 0.377 e. The Morgan fingerprint density at radius 3 is 2.83 bits per heavy atom. The molecule has 0 spiro atoms. The molecule has 7 heteroatoms. The first-order valence-electron chi connectivity index (χ1n) is 7.10. The summed E-state index contributed by atoms with van der Waals surface area (Å²) in [6.45, 7) is 4.13. The smallest absolute Gasteiger partial charge is 0.377 e. The van der Waals surface area contributed by atoms with Gasteiger partial charge in [-0.2, -0.15) is 5.26 Å². The van der Waals surface area contributed by atoms with E-state index in [1.54, 1.807) is 0 Å². The molecular formula is C16H15N5O2. The van der Waals surface area contributed by atoms with Crippen LogP contribution in [0.15, 0.2) is 30.7 Å². The highest BCUT2D eigenvalue weighted by Gasteiger charge is 2.14. The lowest BCUT2D eigenvalue weighted by Crippen LogP contribution is -2.05. The molecule has 116 valence electrons. The van der Waals surface area contributed by atoms with Crippen molar-refractivity contribution in [1.82, 2.24) is 19.3 Å². The van der Waals surface area contributed by atoms with E-state index in [9.17, 15) is 10.1 Å². The zero-order valence-corrected chi connectivity index (χ0v) is 13.0. The summed E-state index contributed by atoms with van der Waals surface area (Å²) in [5.74, 6) is -0.596. The van der Waals surface area contributed by atoms with E-state index in [0.717, 1.165) is 16.6 Å². The topological polar surface area (TPSA) is 85.7 Å². The molecule has 0 radical (unpaired) electrons. The van der Waals surface area contributed by atoms with Crippen LogP contribution < -0.4 is 0 Å². The Balaban J connectivity index is 2.12. The number of rotatable bonds is 3. The van der Waals surface area contributed by atoms with Gasteiger partial charge in [-0.1, -0.05) is 0 Å². The zero-order chi connectivity index (χ0) is 16.6. The fourth-order valence-electron chi connectivity index (χ4n) is 2.47. The van der Waals surface area contributed by atoms with Crippen molar-refractivity contribution in [2.24, 2.45) is 0 Å². The van der Waals surface area contributed by atoms with Gasteiger partial charge in [0, 0.05) is 23.1 Å². The molecule has 0 N–H and O–H groups in total. The van der Waals surface area contributed by atoms with Crippen LogP contribution in [0.3, 0.4) is 0 Å². The molecule has 0 amide bonds. The third-order valence-corrected chi connectivity index (χ3v) is 3.62. The molecule has 2 aromatic heterocycles. The number of methoxy groups -OCH3 is 1. The Morgan fingerprint density at radius 1 is 1.39 bits per heavy atom. The van der Waals surface area contributed by atoms with Crippen molar-refractivity contribution in [3.63, 3.8) is 0 Å². The fraction of sp³-hybridized carbons (Fsp3) is 0.250. The van der Waals surface area contributed by atoms with Crippen molar-refractivity contribution >= 4 is 16.9 Å². The average Bonchev–Trinajstić information content (AvgIpc) is 3.18. The van der Waals surface area contributed by atoms with Crippen LogP contribution >= 0.6 is 0 Å². The Labute approximate surface area is 132 Å². The molecule has 0 saturated carbocycles. The van der Waals surface area contributed by atoms with Gasteiger partial charge in [-0.15, -0.1) is 5.10 Å². The minimum Gasteiger partial charge on any atom is -0.463 e. The van der Waals surface area contributed by atoms with Gasteiger partial charge in [0.05, 0.1) is 18.4 Å². The molecule has 2 heterocycles. The molecule has 3 aromatic rings. The second kappa shape index (κ2) is 5.57. The molecule has 0 aliphatic rings. The molecule has 0 saturated heterocycles. The van der Waals surface area contributed by atoms with Crippen LogP contribution in [0.5, 0.6) is 0 Å². The Bertz CT molecular complexity index is 930. The summed E-state index contributed by atoms with van der Waals surface area (Å²) in [5, 5.41) is 14.3. The summed E-state index contributed by atoms with van der Waals surface area (Å²) in [6.07, 6.45) is 3.29. The maximum absolute atomic E-state index is 11.4. The van der Waals surface area contributed by atoms with E-state index in [1.165, 1.54) is 18.1 Å². The van der Waals surface area contributed by atoms with Crippen LogP contribution in [0.2, 0.25) is 0 Å². The van der Waals surface area contributed by atoms with E-state index < -0.39 is 5.97 Å². The van der Waals surface area contributed by atoms with Crippen LogP contribution in [0.25, 0.3) is 16.6 Å². The highest BCUT2D eigenvalue weighted by molar-refractivity contribution is 5.88. The molecule has 0 aliphatic carbocycles. The number of benzene rings is 1. The lowest BCUT2D eigenvalue weighted by molar-refractivity contribution is 0.0587. The highest BCUT2D eigenvalue weighted by Crippen LogP contribution is 2.26. The first kappa shape index (κ1) is 14.8. The Kier molecular flexibility index (Phi) is 3.58. The summed E-state index contributed by atoms with van der Waals surface area (Å²) in [4.78, 5) is 15.4. The Morgan fingerprint density at radius 2 is 2.17 bits per heavy atom. The molecule has 3 rings (SSSR count). The average molecular weight is 309 g/mol. The number of aromatic nitrogens is 4. The van der Waals surface area contributed by atoms with Gasteiger partial charge in [0.25, 0.3) is 5.82 Å². The van der Waals surface area contributed by atoms with Crippen molar-refractivity contribution in [1.29, 1.82) is 5.26 Å². The minimum atomic E-state index is -0.589. The highest BCUT2D eigenvalue weighted by atomic mass is 16.5. The van der Waals surface area contributed by atoms with E-state index in [4.69, 9.17) is 0 Å². The molecule has 7 nitrogen and oxygen atoms in total. The van der Waals surface area contributed by atoms with Crippen molar-refractivity contribution in [3.05, 3.63) is 42.1 Å². The number of hydrogen-bond acceptors (Lipinski definition) is 5. The third kappa shape index (κ3) is 2.44. The summed E-state index contributed by atoms with van der Waals surface area (Å²) >= 11 is 0. The van der Waals surface area contributed by atoms with Gasteiger partial charge in [0.2, 0.25) is 0 Å². The predicted octanol–water partition coefficient (Wildman–Crippen LogP) is 2.46. The maximum atomic E-state index is 11.4. The van der Waals surface area contributed by atoms with E-state index in [1.807, 2.05) is 24.4 Å². The van der Waals surface area contributed by atoms with Crippen LogP contribution in [-0.4, -0.2) is 32.4 Å². The van der Waals surface area contributed by atoms with Gasteiger partial charge < -0.3 is 9.30 Å². The normalized spacial score (nSPS) is 10.9. The number of esters is 1.